The van der Waals surface area contributed by atoms with Crippen LogP contribution in [0.1, 0.15) is 12.5 Å². The van der Waals surface area contributed by atoms with Crippen LogP contribution >= 0.6 is 0 Å². The molecule has 1 aromatic heterocycles. The Morgan fingerprint density at radius 1 is 1.39 bits per heavy atom. The normalized spacial score (nSPS) is 12.1. The van der Waals surface area contributed by atoms with Crippen molar-refractivity contribution in [2.75, 3.05) is 12.3 Å². The number of aromatic amines is 1. The van der Waals surface area contributed by atoms with E-state index in [0.29, 0.717) is 13.0 Å². The summed E-state index contributed by atoms with van der Waals surface area (Å²) in [4.78, 5) is 3.03. The molecular weight excluding hydrogens is 255 g/mol. The molecule has 0 saturated carbocycles. The number of aromatic nitrogens is 1. The van der Waals surface area contributed by atoms with Crippen molar-refractivity contribution in [2.45, 2.75) is 13.3 Å². The van der Waals surface area contributed by atoms with Gasteiger partial charge in [-0.25, -0.2) is 17.5 Å². The summed E-state index contributed by atoms with van der Waals surface area (Å²) < 4.78 is 38.2. The van der Waals surface area contributed by atoms with Crippen LogP contribution in [-0.2, 0) is 16.4 Å². The number of nitrogens with one attached hydrogen (secondary N) is 2. The monoisotopic (exact) mass is 270 g/mol. The van der Waals surface area contributed by atoms with Gasteiger partial charge in [0, 0.05) is 23.6 Å². The fraction of sp³-hybridized carbons (Fsp3) is 0.333. The van der Waals surface area contributed by atoms with Crippen molar-refractivity contribution in [1.29, 1.82) is 0 Å². The Kier molecular flexibility index (Phi) is 3.68. The molecule has 0 spiro atoms. The first-order valence-electron chi connectivity index (χ1n) is 5.74. The van der Waals surface area contributed by atoms with E-state index in [1.807, 2.05) is 0 Å². The van der Waals surface area contributed by atoms with Crippen LogP contribution in [0.25, 0.3) is 10.9 Å². The molecule has 2 N–H and O–H groups in total. The minimum absolute atomic E-state index is 0.0650. The molecule has 4 nitrogen and oxygen atoms in total. The molecule has 18 heavy (non-hydrogen) atoms. The molecule has 0 aliphatic heterocycles. The predicted molar refractivity (Wildman–Crippen MR) is 69.4 cm³/mol. The van der Waals surface area contributed by atoms with Crippen molar-refractivity contribution in [3.8, 4) is 0 Å². The smallest absolute Gasteiger partial charge is 0.211 e. The molecule has 6 heteroatoms. The van der Waals surface area contributed by atoms with Gasteiger partial charge in [-0.15, -0.1) is 0 Å². The second-order valence-electron chi connectivity index (χ2n) is 4.05. The minimum Gasteiger partial charge on any atom is -0.361 e. The molecule has 0 atom stereocenters. The number of halogens is 1. The summed E-state index contributed by atoms with van der Waals surface area (Å²) in [5.74, 6) is -0.229. The maximum absolute atomic E-state index is 13.1. The average Bonchev–Trinajstić information content (AvgIpc) is 2.72. The van der Waals surface area contributed by atoms with Crippen LogP contribution in [-0.4, -0.2) is 25.7 Å². The first-order chi connectivity index (χ1) is 8.52. The fourth-order valence-electron chi connectivity index (χ4n) is 1.80. The molecule has 0 unspecified atom stereocenters. The first-order valence-corrected chi connectivity index (χ1v) is 7.40. The van der Waals surface area contributed by atoms with Crippen LogP contribution in [0.15, 0.2) is 24.4 Å². The van der Waals surface area contributed by atoms with Crippen LogP contribution < -0.4 is 4.72 Å². The lowest BCUT2D eigenvalue weighted by molar-refractivity contribution is 0.583. The van der Waals surface area contributed by atoms with E-state index in [1.54, 1.807) is 19.2 Å². The lowest BCUT2D eigenvalue weighted by Gasteiger charge is -2.03. The van der Waals surface area contributed by atoms with Gasteiger partial charge in [-0.3, -0.25) is 0 Å². The van der Waals surface area contributed by atoms with Gasteiger partial charge in [0.1, 0.15) is 5.82 Å². The molecule has 1 aromatic carbocycles. The summed E-state index contributed by atoms with van der Waals surface area (Å²) in [6.07, 6.45) is 2.31. The van der Waals surface area contributed by atoms with E-state index >= 15 is 0 Å². The molecule has 0 radical (unpaired) electrons. The predicted octanol–water partition coefficient (Wildman–Crippen LogP) is 1.79. The Labute approximate surface area is 105 Å². The Balaban J connectivity index is 2.11. The van der Waals surface area contributed by atoms with Crippen LogP contribution in [0, 0.1) is 5.82 Å². The average molecular weight is 270 g/mol. The van der Waals surface area contributed by atoms with Crippen LogP contribution in [0.2, 0.25) is 0 Å². The largest absolute Gasteiger partial charge is 0.361 e. The van der Waals surface area contributed by atoms with Gasteiger partial charge in [0.15, 0.2) is 0 Å². The molecule has 2 rings (SSSR count). The number of hydrogen-bond donors (Lipinski definition) is 2. The Morgan fingerprint density at radius 3 is 2.89 bits per heavy atom. The lowest BCUT2D eigenvalue weighted by atomic mass is 10.1. The lowest BCUT2D eigenvalue weighted by Crippen LogP contribution is -2.27. The highest BCUT2D eigenvalue weighted by atomic mass is 32.2. The fourth-order valence-corrected chi connectivity index (χ4v) is 2.42. The van der Waals surface area contributed by atoms with Gasteiger partial charge >= 0.3 is 0 Å². The molecule has 0 amide bonds. The Hall–Kier alpha value is -1.40. The van der Waals surface area contributed by atoms with Crippen LogP contribution in [0.4, 0.5) is 4.39 Å². The van der Waals surface area contributed by atoms with Gasteiger partial charge in [0.05, 0.1) is 5.75 Å². The highest BCUT2D eigenvalue weighted by Gasteiger charge is 2.08. The van der Waals surface area contributed by atoms with Gasteiger partial charge in [-0.2, -0.15) is 0 Å². The third-order valence-electron chi connectivity index (χ3n) is 2.83. The summed E-state index contributed by atoms with van der Waals surface area (Å²) in [5, 5.41) is 0.797. The zero-order chi connectivity index (χ0) is 13.2. The second-order valence-corrected chi connectivity index (χ2v) is 6.15. The third kappa shape index (κ3) is 2.88. The highest BCUT2D eigenvalue weighted by Crippen LogP contribution is 2.19. The zero-order valence-electron chi connectivity index (χ0n) is 10.0. The van der Waals surface area contributed by atoms with Crippen molar-refractivity contribution in [3.05, 3.63) is 35.8 Å². The van der Waals surface area contributed by atoms with Gasteiger partial charge in [-0.1, -0.05) is 0 Å². The van der Waals surface area contributed by atoms with E-state index < -0.39 is 10.0 Å². The van der Waals surface area contributed by atoms with Crippen LogP contribution in [0.3, 0.4) is 0 Å². The van der Waals surface area contributed by atoms with Crippen molar-refractivity contribution in [2.24, 2.45) is 0 Å². The molecule has 0 bridgehead atoms. The molecule has 0 aliphatic carbocycles. The van der Waals surface area contributed by atoms with Gasteiger partial charge in [0.25, 0.3) is 0 Å². The third-order valence-corrected chi connectivity index (χ3v) is 4.23. The summed E-state index contributed by atoms with van der Waals surface area (Å²) in [5.41, 5.74) is 1.76. The summed E-state index contributed by atoms with van der Waals surface area (Å²) in [6.45, 7) is 1.91. The number of sulfonamides is 1. The van der Waals surface area contributed by atoms with E-state index in [1.165, 1.54) is 12.1 Å². The first kappa shape index (κ1) is 13.0. The van der Waals surface area contributed by atoms with E-state index in [-0.39, 0.29) is 11.6 Å². The maximum atomic E-state index is 13.1. The molecule has 98 valence electrons. The van der Waals surface area contributed by atoms with Crippen molar-refractivity contribution >= 4 is 20.9 Å². The zero-order valence-corrected chi connectivity index (χ0v) is 10.8. The number of benzene rings is 1. The Morgan fingerprint density at radius 2 is 2.17 bits per heavy atom. The van der Waals surface area contributed by atoms with Gasteiger partial charge in [-0.05, 0) is 37.1 Å². The molecule has 0 saturated heterocycles. The van der Waals surface area contributed by atoms with Crippen LogP contribution in [0.5, 0.6) is 0 Å². The van der Waals surface area contributed by atoms with E-state index in [2.05, 4.69) is 9.71 Å². The molecular formula is C12H15FN2O2S. The van der Waals surface area contributed by atoms with Gasteiger partial charge in [0.2, 0.25) is 10.0 Å². The van der Waals surface area contributed by atoms with E-state index in [0.717, 1.165) is 16.5 Å². The van der Waals surface area contributed by atoms with Gasteiger partial charge < -0.3 is 4.98 Å². The minimum atomic E-state index is -3.17. The molecule has 1 heterocycles. The topological polar surface area (TPSA) is 62.0 Å². The number of H-pyrrole nitrogens is 1. The molecule has 2 aromatic rings. The van der Waals surface area contributed by atoms with E-state index in [4.69, 9.17) is 0 Å². The number of rotatable bonds is 5. The number of hydrogen-bond acceptors (Lipinski definition) is 2. The molecule has 0 fully saturated rings. The molecule has 0 aliphatic rings. The SMILES string of the molecule is CCS(=O)(=O)NCCc1c[nH]c2ccc(F)cc12. The summed E-state index contributed by atoms with van der Waals surface area (Å²) >= 11 is 0. The van der Waals surface area contributed by atoms with Crippen molar-refractivity contribution < 1.29 is 12.8 Å². The van der Waals surface area contributed by atoms with Crippen molar-refractivity contribution in [3.63, 3.8) is 0 Å². The quantitative estimate of drug-likeness (QED) is 0.870. The number of fused-ring (bicyclic) bond motifs is 1. The van der Waals surface area contributed by atoms with E-state index in [9.17, 15) is 12.8 Å². The summed E-state index contributed by atoms with van der Waals surface area (Å²) in [7, 11) is -3.17. The second kappa shape index (κ2) is 5.07. The standard InChI is InChI=1S/C12H15FN2O2S/c1-2-18(16,17)15-6-5-9-8-14-12-4-3-10(13)7-11(9)12/h3-4,7-8,14-15H,2,5-6H2,1H3. The summed E-state index contributed by atoms with van der Waals surface area (Å²) in [6, 6.07) is 4.52. The van der Waals surface area contributed by atoms with Crippen molar-refractivity contribution in [1.82, 2.24) is 9.71 Å². The highest BCUT2D eigenvalue weighted by molar-refractivity contribution is 7.89. The maximum Gasteiger partial charge on any atom is 0.211 e. The Bertz CT molecular complexity index is 649.